The molecule has 2 fully saturated rings. The van der Waals surface area contributed by atoms with Crippen LogP contribution >= 0.6 is 11.6 Å². The molecule has 130 valence electrons. The summed E-state index contributed by atoms with van der Waals surface area (Å²) in [6, 6.07) is 4.04. The van der Waals surface area contributed by atoms with Crippen LogP contribution in [0.5, 0.6) is 5.75 Å². The van der Waals surface area contributed by atoms with Gasteiger partial charge in [0.1, 0.15) is 6.10 Å². The highest BCUT2D eigenvalue weighted by molar-refractivity contribution is 6.32. The zero-order valence-electron chi connectivity index (χ0n) is 13.3. The van der Waals surface area contributed by atoms with Crippen molar-refractivity contribution in [2.24, 2.45) is 11.8 Å². The van der Waals surface area contributed by atoms with E-state index in [-0.39, 0.29) is 35.7 Å². The van der Waals surface area contributed by atoms with Crippen LogP contribution in [0.15, 0.2) is 18.2 Å². The van der Waals surface area contributed by atoms with Gasteiger partial charge in [-0.15, -0.1) is 0 Å². The lowest BCUT2D eigenvalue weighted by atomic mass is 9.98. The summed E-state index contributed by atoms with van der Waals surface area (Å²) in [7, 11) is 0. The molecule has 0 aromatic heterocycles. The number of hydrogen-bond donors (Lipinski definition) is 0. The van der Waals surface area contributed by atoms with Gasteiger partial charge >= 0.3 is 11.9 Å². The van der Waals surface area contributed by atoms with Crippen LogP contribution in [0.2, 0.25) is 5.02 Å². The molecular weight excluding hydrogens is 335 g/mol. The topological polar surface area (TPSA) is 52.6 Å². The quantitative estimate of drug-likeness (QED) is 0.565. The van der Waals surface area contributed by atoms with Crippen molar-refractivity contribution >= 4 is 23.5 Å². The highest BCUT2D eigenvalue weighted by atomic mass is 35.5. The van der Waals surface area contributed by atoms with Gasteiger partial charge in [-0.1, -0.05) is 17.7 Å². The van der Waals surface area contributed by atoms with E-state index < -0.39 is 11.8 Å². The third kappa shape index (κ3) is 4.07. The Kier molecular flexibility index (Phi) is 5.39. The van der Waals surface area contributed by atoms with Crippen LogP contribution in [0.4, 0.5) is 4.39 Å². The Balaban J connectivity index is 1.38. The third-order valence-corrected chi connectivity index (χ3v) is 5.15. The van der Waals surface area contributed by atoms with Gasteiger partial charge in [0.25, 0.3) is 0 Å². The van der Waals surface area contributed by atoms with Gasteiger partial charge in [0.2, 0.25) is 0 Å². The zero-order valence-corrected chi connectivity index (χ0v) is 14.1. The molecule has 3 atom stereocenters. The van der Waals surface area contributed by atoms with Crippen molar-refractivity contribution in [3.8, 4) is 5.75 Å². The Labute approximate surface area is 145 Å². The number of carbonyl (C=O) groups is 2. The summed E-state index contributed by atoms with van der Waals surface area (Å²) in [4.78, 5) is 23.6. The predicted octanol–water partition coefficient (Wildman–Crippen LogP) is 4.29. The van der Waals surface area contributed by atoms with E-state index in [1.54, 1.807) is 0 Å². The molecule has 0 saturated heterocycles. The summed E-state index contributed by atoms with van der Waals surface area (Å²) in [6.07, 6.45) is 5.09. The molecule has 0 N–H and O–H groups in total. The number of hydrogen-bond acceptors (Lipinski definition) is 4. The van der Waals surface area contributed by atoms with E-state index in [0.717, 1.165) is 12.8 Å². The molecule has 4 nitrogen and oxygen atoms in total. The molecule has 24 heavy (non-hydrogen) atoms. The standard InChI is InChI=1S/C18H20ClFO4/c19-13-3-1-4-14(20)18(13)24-17(22)6-2-5-16(21)23-15-10-11-7-8-12(15)9-11/h1,3-4,11-12,15H,2,5-10H2. The molecule has 0 radical (unpaired) electrons. The maximum absolute atomic E-state index is 13.5. The maximum Gasteiger partial charge on any atom is 0.311 e. The summed E-state index contributed by atoms with van der Waals surface area (Å²) >= 11 is 5.79. The summed E-state index contributed by atoms with van der Waals surface area (Å²) in [5.74, 6) is -0.611. The van der Waals surface area contributed by atoms with E-state index in [4.69, 9.17) is 21.1 Å². The fourth-order valence-electron chi connectivity index (χ4n) is 3.68. The van der Waals surface area contributed by atoms with Crippen LogP contribution < -0.4 is 4.74 Å². The van der Waals surface area contributed by atoms with Crippen molar-refractivity contribution in [2.45, 2.75) is 51.0 Å². The minimum absolute atomic E-state index is 0.0104. The third-order valence-electron chi connectivity index (χ3n) is 4.85. The van der Waals surface area contributed by atoms with Crippen LogP contribution in [0.25, 0.3) is 0 Å². The van der Waals surface area contributed by atoms with Crippen molar-refractivity contribution in [1.82, 2.24) is 0 Å². The van der Waals surface area contributed by atoms with Crippen molar-refractivity contribution in [2.75, 3.05) is 0 Å². The lowest BCUT2D eigenvalue weighted by Crippen LogP contribution is -2.24. The van der Waals surface area contributed by atoms with Gasteiger partial charge in [0.05, 0.1) is 5.02 Å². The minimum Gasteiger partial charge on any atom is -0.462 e. The largest absolute Gasteiger partial charge is 0.462 e. The monoisotopic (exact) mass is 354 g/mol. The molecular formula is C18H20ClFO4. The second kappa shape index (κ2) is 7.51. The predicted molar refractivity (Wildman–Crippen MR) is 86.2 cm³/mol. The number of ether oxygens (including phenoxy) is 2. The number of halogens is 2. The number of esters is 2. The first-order valence-corrected chi connectivity index (χ1v) is 8.75. The first kappa shape index (κ1) is 17.2. The second-order valence-corrected chi connectivity index (χ2v) is 6.99. The minimum atomic E-state index is -0.688. The van der Waals surface area contributed by atoms with Crippen molar-refractivity contribution in [1.29, 1.82) is 0 Å². The summed E-state index contributed by atoms with van der Waals surface area (Å²) < 4.78 is 24.0. The van der Waals surface area contributed by atoms with E-state index in [1.165, 1.54) is 31.0 Å². The summed E-state index contributed by atoms with van der Waals surface area (Å²) in [5, 5.41) is 0.0408. The van der Waals surface area contributed by atoms with Crippen LogP contribution in [0.1, 0.15) is 44.9 Å². The molecule has 6 heteroatoms. The van der Waals surface area contributed by atoms with E-state index in [0.29, 0.717) is 18.3 Å². The number of benzene rings is 1. The number of para-hydroxylation sites is 1. The fourth-order valence-corrected chi connectivity index (χ4v) is 3.88. The van der Waals surface area contributed by atoms with E-state index in [9.17, 15) is 14.0 Å². The first-order chi connectivity index (χ1) is 11.5. The maximum atomic E-state index is 13.5. The van der Waals surface area contributed by atoms with Crippen LogP contribution in [-0.2, 0) is 14.3 Å². The van der Waals surface area contributed by atoms with Crippen molar-refractivity contribution in [3.63, 3.8) is 0 Å². The molecule has 0 spiro atoms. The lowest BCUT2D eigenvalue weighted by molar-refractivity contribution is -0.151. The summed E-state index contributed by atoms with van der Waals surface area (Å²) in [6.45, 7) is 0. The van der Waals surface area contributed by atoms with E-state index in [1.807, 2.05) is 0 Å². The van der Waals surface area contributed by atoms with Gasteiger partial charge in [0, 0.05) is 12.8 Å². The van der Waals surface area contributed by atoms with Gasteiger partial charge in [-0.25, -0.2) is 4.39 Å². The molecule has 2 saturated carbocycles. The Morgan fingerprint density at radius 3 is 2.62 bits per heavy atom. The van der Waals surface area contributed by atoms with Gasteiger partial charge in [-0.3, -0.25) is 9.59 Å². The van der Waals surface area contributed by atoms with Crippen LogP contribution in [-0.4, -0.2) is 18.0 Å². The molecule has 0 aliphatic heterocycles. The number of rotatable bonds is 6. The molecule has 3 rings (SSSR count). The van der Waals surface area contributed by atoms with Crippen molar-refractivity contribution in [3.05, 3.63) is 29.0 Å². The van der Waals surface area contributed by atoms with Crippen molar-refractivity contribution < 1.29 is 23.5 Å². The average molecular weight is 355 g/mol. The Bertz CT molecular complexity index is 613. The number of fused-ring (bicyclic) bond motifs is 2. The molecule has 0 amide bonds. The Morgan fingerprint density at radius 2 is 1.96 bits per heavy atom. The highest BCUT2D eigenvalue weighted by Crippen LogP contribution is 2.45. The molecule has 3 unspecified atom stereocenters. The Hall–Kier alpha value is -1.62. The first-order valence-electron chi connectivity index (χ1n) is 8.37. The molecule has 2 aliphatic carbocycles. The molecule has 2 bridgehead atoms. The van der Waals surface area contributed by atoms with Gasteiger partial charge in [-0.2, -0.15) is 0 Å². The molecule has 2 aliphatic rings. The molecule has 1 aromatic rings. The molecule has 1 aromatic carbocycles. The smallest absolute Gasteiger partial charge is 0.311 e. The average Bonchev–Trinajstić information content (AvgIpc) is 3.14. The Morgan fingerprint density at radius 1 is 1.17 bits per heavy atom. The van der Waals surface area contributed by atoms with Crippen LogP contribution in [0, 0.1) is 17.7 Å². The highest BCUT2D eigenvalue weighted by Gasteiger charge is 2.41. The zero-order chi connectivity index (χ0) is 17.1. The van der Waals surface area contributed by atoms with E-state index in [2.05, 4.69) is 0 Å². The van der Waals surface area contributed by atoms with Gasteiger partial charge < -0.3 is 9.47 Å². The lowest BCUT2D eigenvalue weighted by Gasteiger charge is -2.21. The normalized spacial score (nSPS) is 24.8. The van der Waals surface area contributed by atoms with Crippen LogP contribution in [0.3, 0.4) is 0 Å². The van der Waals surface area contributed by atoms with Gasteiger partial charge in [-0.05, 0) is 56.1 Å². The second-order valence-electron chi connectivity index (χ2n) is 6.58. The fraction of sp³-hybridized carbons (Fsp3) is 0.556. The summed E-state index contributed by atoms with van der Waals surface area (Å²) in [5.41, 5.74) is 0. The van der Waals surface area contributed by atoms with Gasteiger partial charge in [0.15, 0.2) is 11.6 Å². The molecule has 0 heterocycles. The SMILES string of the molecule is O=C(CCCC(=O)OC1CC2CCC1C2)Oc1c(F)cccc1Cl. The number of carbonyl (C=O) groups excluding carboxylic acids is 2. The van der Waals surface area contributed by atoms with E-state index >= 15 is 0 Å².